The average Bonchev–Trinajstić information content (AvgIpc) is 2.78. The molecule has 2 aromatic rings. The Morgan fingerprint density at radius 1 is 1.16 bits per heavy atom. The highest BCUT2D eigenvalue weighted by Crippen LogP contribution is 2.43. The second-order valence-electron chi connectivity index (χ2n) is 6.36. The highest BCUT2D eigenvalue weighted by molar-refractivity contribution is 7.85. The van der Waals surface area contributed by atoms with Gasteiger partial charge < -0.3 is 5.11 Å². The van der Waals surface area contributed by atoms with E-state index in [1.807, 2.05) is 13.8 Å². The molecule has 0 aromatic heterocycles. The molecule has 0 saturated carbocycles. The number of carboxylic acid groups (broad SMARTS) is 1. The molecule has 0 amide bonds. The summed E-state index contributed by atoms with van der Waals surface area (Å²) >= 11 is 0. The zero-order valence-electron chi connectivity index (χ0n) is 13.7. The third-order valence-corrected chi connectivity index (χ3v) is 5.56. The quantitative estimate of drug-likeness (QED) is 0.816. The summed E-state index contributed by atoms with van der Waals surface area (Å²) in [5, 5.41) is 8.99. The minimum absolute atomic E-state index is 0.163. The van der Waals surface area contributed by atoms with Crippen molar-refractivity contribution in [3.05, 3.63) is 59.2 Å². The van der Waals surface area contributed by atoms with Gasteiger partial charge in [-0.05, 0) is 61.7 Å². The first-order valence-electron chi connectivity index (χ1n) is 7.61. The Labute approximate surface area is 145 Å². The monoisotopic (exact) mass is 359 g/mol. The third kappa shape index (κ3) is 3.08. The largest absolute Gasteiger partial charge is 0.478 e. The van der Waals surface area contributed by atoms with E-state index in [1.165, 1.54) is 24.3 Å². The summed E-state index contributed by atoms with van der Waals surface area (Å²) in [4.78, 5) is 15.3. The van der Waals surface area contributed by atoms with Gasteiger partial charge in [-0.2, -0.15) is 8.42 Å². The minimum atomic E-state index is -4.30. The van der Waals surface area contributed by atoms with Gasteiger partial charge in [0.2, 0.25) is 0 Å². The molecule has 2 N–H and O–H groups in total. The molecular formula is C18H17NO5S. The molecule has 7 heteroatoms. The van der Waals surface area contributed by atoms with Crippen LogP contribution in [0.15, 0.2) is 52.4 Å². The number of nitrogens with zero attached hydrogens (tertiary/aromatic N) is 1. The highest BCUT2D eigenvalue weighted by atomic mass is 32.2. The van der Waals surface area contributed by atoms with Crippen LogP contribution in [0.1, 0.15) is 35.3 Å². The van der Waals surface area contributed by atoms with Crippen LogP contribution >= 0.6 is 0 Å². The van der Waals surface area contributed by atoms with Crippen molar-refractivity contribution in [3.8, 4) is 0 Å². The Morgan fingerprint density at radius 2 is 1.80 bits per heavy atom. The molecule has 1 atom stereocenters. The summed E-state index contributed by atoms with van der Waals surface area (Å²) in [5.41, 5.74) is 2.81. The smallest absolute Gasteiger partial charge is 0.335 e. The van der Waals surface area contributed by atoms with Crippen LogP contribution in [0.3, 0.4) is 0 Å². The number of fused-ring (bicyclic) bond motifs is 1. The van der Waals surface area contributed by atoms with E-state index in [-0.39, 0.29) is 10.5 Å². The number of aliphatic imine (C=N–C) groups is 1. The molecule has 0 aliphatic carbocycles. The van der Waals surface area contributed by atoms with Gasteiger partial charge in [0.25, 0.3) is 10.1 Å². The predicted octanol–water partition coefficient (Wildman–Crippen LogP) is 3.24. The molecule has 1 aliphatic rings. The maximum Gasteiger partial charge on any atom is 0.335 e. The van der Waals surface area contributed by atoms with Crippen LogP contribution in [0.4, 0.5) is 5.69 Å². The van der Waals surface area contributed by atoms with Gasteiger partial charge in [-0.1, -0.05) is 12.1 Å². The lowest BCUT2D eigenvalue weighted by molar-refractivity contribution is 0.0697. The van der Waals surface area contributed by atoms with Crippen molar-refractivity contribution in [1.29, 1.82) is 0 Å². The van der Waals surface area contributed by atoms with E-state index in [1.54, 1.807) is 18.2 Å². The molecular weight excluding hydrogens is 342 g/mol. The van der Waals surface area contributed by atoms with Crippen LogP contribution in [-0.2, 0) is 22.0 Å². The standard InChI is InChI=1S/C18H17NO5S/c1-11-18(2,10-12-3-5-13(6-4-12)17(20)21)15-9-14(25(22,23)24)7-8-16(15)19-11/h3-9H,10H2,1-2H3,(H,20,21)(H,22,23,24). The van der Waals surface area contributed by atoms with Crippen LogP contribution < -0.4 is 0 Å². The molecule has 1 unspecified atom stereocenters. The maximum atomic E-state index is 11.4. The van der Waals surface area contributed by atoms with E-state index in [4.69, 9.17) is 5.11 Å². The number of aromatic carboxylic acids is 1. The first kappa shape index (κ1) is 17.3. The summed E-state index contributed by atoms with van der Waals surface area (Å²) in [5.74, 6) is -0.987. The maximum absolute atomic E-state index is 11.4. The Morgan fingerprint density at radius 3 is 2.36 bits per heavy atom. The lowest BCUT2D eigenvalue weighted by Crippen LogP contribution is -2.30. The van der Waals surface area contributed by atoms with Gasteiger partial charge in [0.15, 0.2) is 0 Å². The third-order valence-electron chi connectivity index (χ3n) is 4.71. The molecule has 25 heavy (non-hydrogen) atoms. The Kier molecular flexibility index (Phi) is 4.01. The van der Waals surface area contributed by atoms with Crippen LogP contribution in [0, 0.1) is 0 Å². The van der Waals surface area contributed by atoms with Gasteiger partial charge in [0.1, 0.15) is 0 Å². The van der Waals surface area contributed by atoms with Gasteiger partial charge in [0, 0.05) is 11.1 Å². The van der Waals surface area contributed by atoms with E-state index in [0.717, 1.165) is 16.8 Å². The zero-order chi connectivity index (χ0) is 18.4. The van der Waals surface area contributed by atoms with Crippen molar-refractivity contribution in [3.63, 3.8) is 0 Å². The molecule has 2 aromatic carbocycles. The van der Waals surface area contributed by atoms with E-state index in [9.17, 15) is 17.8 Å². The number of hydrogen-bond acceptors (Lipinski definition) is 4. The lowest BCUT2D eigenvalue weighted by Gasteiger charge is -2.26. The van der Waals surface area contributed by atoms with Crippen LogP contribution in [-0.4, -0.2) is 29.8 Å². The minimum Gasteiger partial charge on any atom is -0.478 e. The molecule has 3 rings (SSSR count). The van der Waals surface area contributed by atoms with Crippen molar-refractivity contribution in [1.82, 2.24) is 0 Å². The molecule has 6 nitrogen and oxygen atoms in total. The van der Waals surface area contributed by atoms with E-state index < -0.39 is 21.5 Å². The molecule has 1 heterocycles. The van der Waals surface area contributed by atoms with E-state index in [2.05, 4.69) is 4.99 Å². The Hall–Kier alpha value is -2.51. The Bertz CT molecular complexity index is 993. The van der Waals surface area contributed by atoms with E-state index >= 15 is 0 Å². The molecule has 0 bridgehead atoms. The fraction of sp³-hybridized carbons (Fsp3) is 0.222. The second-order valence-corrected chi connectivity index (χ2v) is 7.78. The van der Waals surface area contributed by atoms with Gasteiger partial charge in [0.05, 0.1) is 16.1 Å². The molecule has 1 aliphatic heterocycles. The first-order valence-corrected chi connectivity index (χ1v) is 9.05. The Balaban J connectivity index is 2.02. The number of benzene rings is 2. The van der Waals surface area contributed by atoms with Crippen LogP contribution in [0.5, 0.6) is 0 Å². The molecule has 0 spiro atoms. The molecule has 0 radical (unpaired) electrons. The van der Waals surface area contributed by atoms with Gasteiger partial charge >= 0.3 is 5.97 Å². The summed E-state index contributed by atoms with van der Waals surface area (Å²) in [7, 11) is -4.30. The lowest BCUT2D eigenvalue weighted by atomic mass is 9.75. The fourth-order valence-electron chi connectivity index (χ4n) is 3.11. The number of carbonyl (C=O) groups is 1. The molecule has 0 saturated heterocycles. The van der Waals surface area contributed by atoms with Crippen molar-refractivity contribution in [2.45, 2.75) is 30.6 Å². The molecule has 130 valence electrons. The predicted molar refractivity (Wildman–Crippen MR) is 93.5 cm³/mol. The van der Waals surface area contributed by atoms with Gasteiger partial charge in [-0.3, -0.25) is 9.55 Å². The van der Waals surface area contributed by atoms with Crippen molar-refractivity contribution < 1.29 is 22.9 Å². The van der Waals surface area contributed by atoms with Crippen molar-refractivity contribution >= 4 is 27.5 Å². The summed E-state index contributed by atoms with van der Waals surface area (Å²) in [6.07, 6.45) is 0.532. The second kappa shape index (κ2) is 5.79. The number of carboxylic acids is 1. The van der Waals surface area contributed by atoms with E-state index in [0.29, 0.717) is 12.1 Å². The topological polar surface area (TPSA) is 104 Å². The highest BCUT2D eigenvalue weighted by Gasteiger charge is 2.37. The van der Waals surface area contributed by atoms with Crippen LogP contribution in [0.2, 0.25) is 0 Å². The number of hydrogen-bond donors (Lipinski definition) is 2. The fourth-order valence-corrected chi connectivity index (χ4v) is 3.62. The van der Waals surface area contributed by atoms with Crippen molar-refractivity contribution in [2.24, 2.45) is 4.99 Å². The molecule has 0 fully saturated rings. The summed E-state index contributed by atoms with van der Waals surface area (Å²) in [6.45, 7) is 3.83. The summed E-state index contributed by atoms with van der Waals surface area (Å²) in [6, 6.07) is 10.9. The zero-order valence-corrected chi connectivity index (χ0v) is 14.5. The average molecular weight is 359 g/mol. The normalized spacial score (nSPS) is 19.4. The SMILES string of the molecule is CC1=Nc2ccc(S(=O)(=O)O)cc2C1(C)Cc1ccc(C(=O)O)cc1. The van der Waals surface area contributed by atoms with Crippen LogP contribution in [0.25, 0.3) is 0 Å². The first-order chi connectivity index (χ1) is 11.6. The van der Waals surface area contributed by atoms with Gasteiger partial charge in [-0.15, -0.1) is 0 Å². The summed E-state index contributed by atoms with van der Waals surface area (Å²) < 4.78 is 32.2. The van der Waals surface area contributed by atoms with Crippen molar-refractivity contribution in [2.75, 3.05) is 0 Å². The van der Waals surface area contributed by atoms with Gasteiger partial charge in [-0.25, -0.2) is 4.79 Å². The number of rotatable bonds is 4.